The van der Waals surface area contributed by atoms with Gasteiger partial charge in [0.25, 0.3) is 0 Å². The van der Waals surface area contributed by atoms with Crippen molar-refractivity contribution in [3.63, 3.8) is 0 Å². The van der Waals surface area contributed by atoms with Crippen LogP contribution < -0.4 is 10.6 Å². The second-order valence-corrected chi connectivity index (χ2v) is 5.51. The Hall–Kier alpha value is -0.810. The molecule has 1 saturated heterocycles. The molecule has 0 bridgehead atoms. The predicted octanol–water partition coefficient (Wildman–Crippen LogP) is 1.56. The maximum Gasteiger partial charge on any atom is 0.223 e. The molecule has 1 aliphatic rings. The molecule has 2 amide bonds. The van der Waals surface area contributed by atoms with Gasteiger partial charge < -0.3 is 15.5 Å². The van der Waals surface area contributed by atoms with Crippen molar-refractivity contribution in [1.82, 2.24) is 15.5 Å². The number of nitrogens with one attached hydrogen (secondary N) is 2. The SMILES string of the molecule is CCCCNC(=O)C1CCN(C(=O)CCCNC)CC1.Cl. The van der Waals surface area contributed by atoms with Gasteiger partial charge in [-0.2, -0.15) is 0 Å². The number of carbonyl (C=O) groups excluding carboxylic acids is 2. The van der Waals surface area contributed by atoms with Gasteiger partial charge in [0.05, 0.1) is 0 Å². The number of amides is 2. The van der Waals surface area contributed by atoms with E-state index in [9.17, 15) is 9.59 Å². The van der Waals surface area contributed by atoms with Gasteiger partial charge in [0.15, 0.2) is 0 Å². The van der Waals surface area contributed by atoms with E-state index in [-0.39, 0.29) is 30.1 Å². The zero-order valence-electron chi connectivity index (χ0n) is 13.3. The summed E-state index contributed by atoms with van der Waals surface area (Å²) < 4.78 is 0. The molecule has 0 aromatic carbocycles. The van der Waals surface area contributed by atoms with Gasteiger partial charge in [-0.1, -0.05) is 13.3 Å². The maximum absolute atomic E-state index is 12.0. The van der Waals surface area contributed by atoms with Crippen LogP contribution in [-0.2, 0) is 9.59 Å². The van der Waals surface area contributed by atoms with Crippen molar-refractivity contribution in [3.8, 4) is 0 Å². The number of likely N-dealkylation sites (tertiary alicyclic amines) is 1. The molecule has 0 radical (unpaired) electrons. The number of piperidine rings is 1. The number of rotatable bonds is 8. The first kappa shape index (κ1) is 20.2. The first-order valence-corrected chi connectivity index (χ1v) is 7.89. The van der Waals surface area contributed by atoms with Gasteiger partial charge >= 0.3 is 0 Å². The Morgan fingerprint density at radius 1 is 1.14 bits per heavy atom. The molecule has 0 saturated carbocycles. The molecule has 1 rings (SSSR count). The summed E-state index contributed by atoms with van der Waals surface area (Å²) in [5.74, 6) is 0.485. The topological polar surface area (TPSA) is 61.4 Å². The molecule has 6 heteroatoms. The number of carbonyl (C=O) groups is 2. The third kappa shape index (κ3) is 7.67. The second-order valence-electron chi connectivity index (χ2n) is 5.51. The summed E-state index contributed by atoms with van der Waals surface area (Å²) in [6, 6.07) is 0. The minimum Gasteiger partial charge on any atom is -0.356 e. The number of unbranched alkanes of at least 4 members (excludes halogenated alkanes) is 1. The third-order valence-corrected chi connectivity index (χ3v) is 3.87. The minimum absolute atomic E-state index is 0. The molecular formula is C15H30ClN3O2. The summed E-state index contributed by atoms with van der Waals surface area (Å²) in [7, 11) is 1.90. The third-order valence-electron chi connectivity index (χ3n) is 3.87. The van der Waals surface area contributed by atoms with Crippen molar-refractivity contribution in [3.05, 3.63) is 0 Å². The molecule has 0 atom stereocenters. The molecule has 5 nitrogen and oxygen atoms in total. The molecule has 21 heavy (non-hydrogen) atoms. The largest absolute Gasteiger partial charge is 0.356 e. The maximum atomic E-state index is 12.0. The van der Waals surface area contributed by atoms with Crippen LogP contribution in [0.2, 0.25) is 0 Å². The van der Waals surface area contributed by atoms with E-state index in [4.69, 9.17) is 0 Å². The van der Waals surface area contributed by atoms with Crippen LogP contribution in [0, 0.1) is 5.92 Å². The fraction of sp³-hybridized carbons (Fsp3) is 0.867. The Balaban J connectivity index is 0.00000400. The summed E-state index contributed by atoms with van der Waals surface area (Å²) in [4.78, 5) is 25.8. The Labute approximate surface area is 134 Å². The first-order valence-electron chi connectivity index (χ1n) is 7.89. The summed E-state index contributed by atoms with van der Waals surface area (Å²) in [6.07, 6.45) is 5.22. The minimum atomic E-state index is 0. The van der Waals surface area contributed by atoms with E-state index in [1.54, 1.807) is 0 Å². The highest BCUT2D eigenvalue weighted by atomic mass is 35.5. The van der Waals surface area contributed by atoms with E-state index in [0.29, 0.717) is 6.42 Å². The average Bonchev–Trinajstić information content (AvgIpc) is 2.47. The van der Waals surface area contributed by atoms with Crippen LogP contribution in [0.25, 0.3) is 0 Å². The van der Waals surface area contributed by atoms with Crippen molar-refractivity contribution >= 4 is 24.2 Å². The lowest BCUT2D eigenvalue weighted by atomic mass is 9.95. The summed E-state index contributed by atoms with van der Waals surface area (Å²) >= 11 is 0. The number of hydrogen-bond donors (Lipinski definition) is 2. The molecular weight excluding hydrogens is 290 g/mol. The lowest BCUT2D eigenvalue weighted by Gasteiger charge is -2.31. The van der Waals surface area contributed by atoms with Gasteiger partial charge in [-0.15, -0.1) is 12.4 Å². The molecule has 124 valence electrons. The van der Waals surface area contributed by atoms with Crippen molar-refractivity contribution < 1.29 is 9.59 Å². The van der Waals surface area contributed by atoms with E-state index in [1.165, 1.54) is 0 Å². The quantitative estimate of drug-likeness (QED) is 0.668. The van der Waals surface area contributed by atoms with Crippen molar-refractivity contribution in [2.45, 2.75) is 45.4 Å². The van der Waals surface area contributed by atoms with Gasteiger partial charge in [0.1, 0.15) is 0 Å². The van der Waals surface area contributed by atoms with Crippen molar-refractivity contribution in [2.75, 3.05) is 33.2 Å². The van der Waals surface area contributed by atoms with E-state index >= 15 is 0 Å². The highest BCUT2D eigenvalue weighted by molar-refractivity contribution is 5.85. The molecule has 1 heterocycles. The van der Waals surface area contributed by atoms with Gasteiger partial charge in [-0.05, 0) is 39.3 Å². The number of halogens is 1. The Kier molecular flexibility index (Phi) is 11.4. The van der Waals surface area contributed by atoms with Crippen molar-refractivity contribution in [1.29, 1.82) is 0 Å². The zero-order valence-corrected chi connectivity index (χ0v) is 14.1. The predicted molar refractivity (Wildman–Crippen MR) is 87.6 cm³/mol. The van der Waals surface area contributed by atoms with Crippen LogP contribution >= 0.6 is 12.4 Å². The normalized spacial score (nSPS) is 15.4. The summed E-state index contributed by atoms with van der Waals surface area (Å²) in [5, 5.41) is 6.04. The molecule has 1 aliphatic heterocycles. The standard InChI is InChI=1S/C15H29N3O2.ClH/c1-3-4-10-17-15(20)13-7-11-18(12-8-13)14(19)6-5-9-16-2;/h13,16H,3-12H2,1-2H3,(H,17,20);1H. The van der Waals surface area contributed by atoms with Crippen LogP contribution in [0.3, 0.4) is 0 Å². The Morgan fingerprint density at radius 3 is 2.38 bits per heavy atom. The number of hydrogen-bond acceptors (Lipinski definition) is 3. The second kappa shape index (κ2) is 11.8. The zero-order chi connectivity index (χ0) is 14.8. The van der Waals surface area contributed by atoms with Gasteiger partial charge in [-0.25, -0.2) is 0 Å². The average molecular weight is 320 g/mol. The molecule has 0 aromatic rings. The van der Waals surface area contributed by atoms with E-state index in [1.807, 2.05) is 11.9 Å². The Bertz CT molecular complexity index is 275. The van der Waals surface area contributed by atoms with E-state index in [2.05, 4.69) is 17.6 Å². The van der Waals surface area contributed by atoms with E-state index in [0.717, 1.165) is 58.3 Å². The molecule has 0 unspecified atom stereocenters. The summed E-state index contributed by atoms with van der Waals surface area (Å²) in [5.41, 5.74) is 0. The monoisotopic (exact) mass is 319 g/mol. The molecule has 2 N–H and O–H groups in total. The molecule has 0 aromatic heterocycles. The van der Waals surface area contributed by atoms with Gasteiger partial charge in [0.2, 0.25) is 11.8 Å². The fourth-order valence-electron chi connectivity index (χ4n) is 2.50. The lowest BCUT2D eigenvalue weighted by Crippen LogP contribution is -2.43. The van der Waals surface area contributed by atoms with Crippen molar-refractivity contribution in [2.24, 2.45) is 5.92 Å². The highest BCUT2D eigenvalue weighted by Gasteiger charge is 2.26. The summed E-state index contributed by atoms with van der Waals surface area (Å²) in [6.45, 7) is 5.22. The highest BCUT2D eigenvalue weighted by Crippen LogP contribution is 2.18. The Morgan fingerprint density at radius 2 is 1.81 bits per heavy atom. The van der Waals surface area contributed by atoms with Gasteiger partial charge in [0, 0.05) is 32.0 Å². The van der Waals surface area contributed by atoms with Crippen LogP contribution in [0.1, 0.15) is 45.4 Å². The van der Waals surface area contributed by atoms with Crippen LogP contribution in [-0.4, -0.2) is 49.9 Å². The fourth-order valence-corrected chi connectivity index (χ4v) is 2.50. The molecule has 1 fully saturated rings. The van der Waals surface area contributed by atoms with E-state index < -0.39 is 0 Å². The van der Waals surface area contributed by atoms with Crippen LogP contribution in [0.4, 0.5) is 0 Å². The smallest absolute Gasteiger partial charge is 0.223 e. The molecule has 0 spiro atoms. The molecule has 0 aliphatic carbocycles. The lowest BCUT2D eigenvalue weighted by molar-refractivity contribution is -0.135. The van der Waals surface area contributed by atoms with Crippen LogP contribution in [0.15, 0.2) is 0 Å². The van der Waals surface area contributed by atoms with Gasteiger partial charge in [-0.3, -0.25) is 9.59 Å². The first-order chi connectivity index (χ1) is 9.69. The van der Waals surface area contributed by atoms with Crippen LogP contribution in [0.5, 0.6) is 0 Å². The number of nitrogens with zero attached hydrogens (tertiary/aromatic N) is 1.